The first-order valence-electron chi connectivity index (χ1n) is 6.01. The first-order chi connectivity index (χ1) is 8.17. The summed E-state index contributed by atoms with van der Waals surface area (Å²) in [6, 6.07) is 5.59. The molecule has 3 heteroatoms. The van der Waals surface area contributed by atoms with Crippen LogP contribution in [0.3, 0.4) is 0 Å². The van der Waals surface area contributed by atoms with Gasteiger partial charge >= 0.3 is 0 Å². The number of aryl methyl sites for hydroxylation is 1. The van der Waals surface area contributed by atoms with Crippen molar-refractivity contribution in [2.75, 3.05) is 7.11 Å². The molecule has 0 atom stereocenters. The van der Waals surface area contributed by atoms with Crippen molar-refractivity contribution in [3.05, 3.63) is 28.8 Å². The molecule has 0 aromatic heterocycles. The van der Waals surface area contributed by atoms with Crippen LogP contribution >= 0.6 is 11.6 Å². The molecule has 1 aromatic rings. The van der Waals surface area contributed by atoms with Gasteiger partial charge in [-0.25, -0.2) is 0 Å². The number of benzene rings is 1. The monoisotopic (exact) mass is 254 g/mol. The summed E-state index contributed by atoms with van der Waals surface area (Å²) >= 11 is 5.94. The molecule has 17 heavy (non-hydrogen) atoms. The van der Waals surface area contributed by atoms with E-state index in [1.165, 1.54) is 0 Å². The van der Waals surface area contributed by atoms with E-state index in [0.717, 1.165) is 30.6 Å². The summed E-state index contributed by atoms with van der Waals surface area (Å²) in [4.78, 5) is 11.4. The molecule has 1 rings (SSSR count). The van der Waals surface area contributed by atoms with E-state index in [9.17, 15) is 4.79 Å². The Kier molecular flexibility index (Phi) is 6.06. The lowest BCUT2D eigenvalue weighted by Crippen LogP contribution is -1.99. The van der Waals surface area contributed by atoms with Crippen molar-refractivity contribution in [1.82, 2.24) is 0 Å². The Bertz CT molecular complexity index is 374. The lowest BCUT2D eigenvalue weighted by Gasteiger charge is -2.08. The molecule has 0 aliphatic heterocycles. The Balaban J connectivity index is 2.50. The molecule has 0 radical (unpaired) electrons. The lowest BCUT2D eigenvalue weighted by molar-refractivity contribution is -0.119. The van der Waals surface area contributed by atoms with E-state index in [0.29, 0.717) is 23.6 Å². The Labute approximate surface area is 108 Å². The van der Waals surface area contributed by atoms with E-state index in [2.05, 4.69) is 0 Å². The van der Waals surface area contributed by atoms with Crippen LogP contribution in [0, 0.1) is 0 Å². The molecule has 0 N–H and O–H groups in total. The zero-order valence-corrected chi connectivity index (χ0v) is 11.2. The van der Waals surface area contributed by atoms with E-state index in [1.807, 2.05) is 25.1 Å². The van der Waals surface area contributed by atoms with Crippen LogP contribution in [-0.2, 0) is 11.2 Å². The van der Waals surface area contributed by atoms with E-state index in [4.69, 9.17) is 16.3 Å². The number of carbonyl (C=O) groups excluding carboxylic acids is 1. The predicted octanol–water partition coefficient (Wildman–Crippen LogP) is 4.04. The summed E-state index contributed by atoms with van der Waals surface area (Å²) in [7, 11) is 1.65. The van der Waals surface area contributed by atoms with Crippen LogP contribution in [0.5, 0.6) is 5.75 Å². The number of hydrogen-bond acceptors (Lipinski definition) is 2. The quantitative estimate of drug-likeness (QED) is 0.734. The molecule has 0 aliphatic carbocycles. The first kappa shape index (κ1) is 14.0. The minimum Gasteiger partial charge on any atom is -0.496 e. The topological polar surface area (TPSA) is 26.3 Å². The maximum atomic E-state index is 11.4. The smallest absolute Gasteiger partial charge is 0.132 e. The van der Waals surface area contributed by atoms with Crippen molar-refractivity contribution < 1.29 is 9.53 Å². The van der Waals surface area contributed by atoms with Crippen LogP contribution in [0.1, 0.15) is 38.2 Å². The second-order valence-electron chi connectivity index (χ2n) is 4.10. The summed E-state index contributed by atoms with van der Waals surface area (Å²) in [5.41, 5.74) is 1.07. The Morgan fingerprint density at radius 3 is 2.76 bits per heavy atom. The standard InChI is InChI=1S/C14H19ClO2/c1-3-5-13(16)7-4-6-11-10-12(15)8-9-14(11)17-2/h8-10H,3-7H2,1-2H3. The number of rotatable bonds is 7. The van der Waals surface area contributed by atoms with Crippen molar-refractivity contribution in [3.8, 4) is 5.75 Å². The van der Waals surface area contributed by atoms with Gasteiger partial charge in [-0.3, -0.25) is 4.79 Å². The van der Waals surface area contributed by atoms with Gasteiger partial charge in [0.05, 0.1) is 7.11 Å². The molecule has 94 valence electrons. The highest BCUT2D eigenvalue weighted by Gasteiger charge is 2.05. The van der Waals surface area contributed by atoms with Gasteiger partial charge in [-0.2, -0.15) is 0 Å². The number of methoxy groups -OCH3 is 1. The third-order valence-corrected chi connectivity index (χ3v) is 2.91. The fourth-order valence-corrected chi connectivity index (χ4v) is 2.02. The zero-order valence-electron chi connectivity index (χ0n) is 10.5. The molecule has 0 amide bonds. The number of Topliss-reactive ketones (excluding diaryl/α,β-unsaturated/α-hetero) is 1. The molecule has 0 heterocycles. The Morgan fingerprint density at radius 1 is 1.35 bits per heavy atom. The van der Waals surface area contributed by atoms with E-state index in [-0.39, 0.29) is 0 Å². The van der Waals surface area contributed by atoms with Crippen LogP contribution in [0.25, 0.3) is 0 Å². The maximum absolute atomic E-state index is 11.4. The molecule has 1 aromatic carbocycles. The molecular weight excluding hydrogens is 236 g/mol. The van der Waals surface area contributed by atoms with Gasteiger partial charge in [0.2, 0.25) is 0 Å². The number of carbonyl (C=O) groups is 1. The second-order valence-corrected chi connectivity index (χ2v) is 4.53. The number of hydrogen-bond donors (Lipinski definition) is 0. The minimum absolute atomic E-state index is 0.341. The number of halogens is 1. The Hall–Kier alpha value is -1.02. The molecule has 0 bridgehead atoms. The van der Waals surface area contributed by atoms with Gasteiger partial charge in [-0.1, -0.05) is 18.5 Å². The molecular formula is C14H19ClO2. The molecule has 0 saturated carbocycles. The summed E-state index contributed by atoms with van der Waals surface area (Å²) in [6.45, 7) is 2.03. The summed E-state index contributed by atoms with van der Waals surface area (Å²) in [6.07, 6.45) is 3.95. The summed E-state index contributed by atoms with van der Waals surface area (Å²) < 4.78 is 5.26. The SMILES string of the molecule is CCCC(=O)CCCc1cc(Cl)ccc1OC. The van der Waals surface area contributed by atoms with E-state index >= 15 is 0 Å². The third kappa shape index (κ3) is 4.78. The molecule has 2 nitrogen and oxygen atoms in total. The van der Waals surface area contributed by atoms with Crippen LogP contribution in [0.4, 0.5) is 0 Å². The molecule has 0 saturated heterocycles. The van der Waals surface area contributed by atoms with Crippen LogP contribution in [0.15, 0.2) is 18.2 Å². The lowest BCUT2D eigenvalue weighted by atomic mass is 10.0. The minimum atomic E-state index is 0.341. The molecule has 0 unspecified atom stereocenters. The molecule has 0 fully saturated rings. The average Bonchev–Trinajstić information content (AvgIpc) is 2.30. The van der Waals surface area contributed by atoms with Gasteiger partial charge < -0.3 is 4.74 Å². The van der Waals surface area contributed by atoms with Crippen molar-refractivity contribution in [3.63, 3.8) is 0 Å². The highest BCUT2D eigenvalue weighted by atomic mass is 35.5. The third-order valence-electron chi connectivity index (χ3n) is 2.67. The Morgan fingerprint density at radius 2 is 2.12 bits per heavy atom. The van der Waals surface area contributed by atoms with Crippen molar-refractivity contribution in [1.29, 1.82) is 0 Å². The highest BCUT2D eigenvalue weighted by molar-refractivity contribution is 6.30. The van der Waals surface area contributed by atoms with Gasteiger partial charge in [-0.15, -0.1) is 0 Å². The fourth-order valence-electron chi connectivity index (χ4n) is 1.82. The van der Waals surface area contributed by atoms with Gasteiger partial charge in [0, 0.05) is 17.9 Å². The van der Waals surface area contributed by atoms with Crippen LogP contribution < -0.4 is 4.74 Å². The zero-order chi connectivity index (χ0) is 12.7. The number of ketones is 1. The summed E-state index contributed by atoms with van der Waals surface area (Å²) in [5, 5.41) is 0.709. The van der Waals surface area contributed by atoms with Crippen molar-refractivity contribution >= 4 is 17.4 Å². The number of ether oxygens (including phenoxy) is 1. The highest BCUT2D eigenvalue weighted by Crippen LogP contribution is 2.24. The van der Waals surface area contributed by atoms with Crippen molar-refractivity contribution in [2.45, 2.75) is 39.0 Å². The fraction of sp³-hybridized carbons (Fsp3) is 0.500. The van der Waals surface area contributed by atoms with E-state index < -0.39 is 0 Å². The van der Waals surface area contributed by atoms with Gasteiger partial charge in [0.25, 0.3) is 0 Å². The predicted molar refractivity (Wildman–Crippen MR) is 70.9 cm³/mol. The largest absolute Gasteiger partial charge is 0.496 e. The van der Waals surface area contributed by atoms with Gasteiger partial charge in [0.1, 0.15) is 11.5 Å². The van der Waals surface area contributed by atoms with Crippen LogP contribution in [-0.4, -0.2) is 12.9 Å². The van der Waals surface area contributed by atoms with Crippen LogP contribution in [0.2, 0.25) is 5.02 Å². The molecule has 0 spiro atoms. The maximum Gasteiger partial charge on any atom is 0.132 e. The normalized spacial score (nSPS) is 10.3. The van der Waals surface area contributed by atoms with Crippen molar-refractivity contribution in [2.24, 2.45) is 0 Å². The summed E-state index contributed by atoms with van der Waals surface area (Å²) in [5.74, 6) is 1.19. The first-order valence-corrected chi connectivity index (χ1v) is 6.39. The molecule has 0 aliphatic rings. The van der Waals surface area contributed by atoms with E-state index in [1.54, 1.807) is 7.11 Å². The average molecular weight is 255 g/mol. The van der Waals surface area contributed by atoms with Gasteiger partial charge in [0.15, 0.2) is 0 Å². The van der Waals surface area contributed by atoms with Gasteiger partial charge in [-0.05, 0) is 43.0 Å². The second kappa shape index (κ2) is 7.33.